The van der Waals surface area contributed by atoms with E-state index in [1.165, 1.54) is 59.9 Å². The van der Waals surface area contributed by atoms with Gasteiger partial charge in [-0.25, -0.2) is 0 Å². The smallest absolute Gasteiger partial charge is 0.0825 e. The number of fused-ring (bicyclic) bond motifs is 1. The summed E-state index contributed by atoms with van der Waals surface area (Å²) in [6, 6.07) is 13.4. The van der Waals surface area contributed by atoms with E-state index in [-0.39, 0.29) is 6.10 Å². The Morgan fingerprint density at radius 1 is 0.957 bits per heavy atom. The number of hydrogen-bond acceptors (Lipinski definition) is 1. The fourth-order valence-corrected chi connectivity index (χ4v) is 4.07. The highest BCUT2D eigenvalue weighted by atomic mass is 35.5. The zero-order chi connectivity index (χ0) is 15.6. The molecule has 23 heavy (non-hydrogen) atoms. The van der Waals surface area contributed by atoms with Crippen LogP contribution < -0.4 is 0 Å². The monoisotopic (exact) mass is 326 g/mol. The summed E-state index contributed by atoms with van der Waals surface area (Å²) in [6.45, 7) is 0.882. The Bertz CT molecular complexity index is 701. The zero-order valence-electron chi connectivity index (χ0n) is 13.5. The van der Waals surface area contributed by atoms with E-state index in [0.29, 0.717) is 0 Å². The zero-order valence-corrected chi connectivity index (χ0v) is 14.2. The number of halogens is 1. The minimum Gasteiger partial charge on any atom is -0.374 e. The van der Waals surface area contributed by atoms with Gasteiger partial charge in [0, 0.05) is 11.6 Å². The summed E-state index contributed by atoms with van der Waals surface area (Å²) in [5.41, 5.74) is 6.94. The van der Waals surface area contributed by atoms with Crippen molar-refractivity contribution in [2.45, 2.75) is 51.0 Å². The molecule has 2 aromatic rings. The second-order valence-electron chi connectivity index (χ2n) is 6.84. The van der Waals surface area contributed by atoms with E-state index in [2.05, 4.69) is 30.3 Å². The van der Waals surface area contributed by atoms with Gasteiger partial charge in [-0.2, -0.15) is 0 Å². The van der Waals surface area contributed by atoms with Crippen LogP contribution in [0.3, 0.4) is 0 Å². The number of hydrogen-bond donors (Lipinski definition) is 0. The summed E-state index contributed by atoms with van der Waals surface area (Å²) in [6.07, 6.45) is 8.50. The molecule has 0 aromatic heterocycles. The molecular formula is C21H23ClO. The third-order valence-electron chi connectivity index (χ3n) is 5.18. The van der Waals surface area contributed by atoms with Crippen molar-refractivity contribution < 1.29 is 4.74 Å². The van der Waals surface area contributed by atoms with Crippen LogP contribution in [-0.4, -0.2) is 6.61 Å². The lowest BCUT2D eigenvalue weighted by atomic mass is 9.96. The first-order valence-corrected chi connectivity index (χ1v) is 9.18. The number of aryl methyl sites for hydroxylation is 2. The third-order valence-corrected chi connectivity index (χ3v) is 5.55. The molecule has 2 heteroatoms. The molecule has 2 aromatic carbocycles. The first kappa shape index (κ1) is 15.2. The average Bonchev–Trinajstić information content (AvgIpc) is 3.05. The third kappa shape index (κ3) is 3.32. The van der Waals surface area contributed by atoms with Crippen molar-refractivity contribution in [1.29, 1.82) is 0 Å². The van der Waals surface area contributed by atoms with Gasteiger partial charge in [0.25, 0.3) is 0 Å². The molecule has 1 atom stereocenters. The van der Waals surface area contributed by atoms with E-state index in [4.69, 9.17) is 16.3 Å². The van der Waals surface area contributed by atoms with Gasteiger partial charge in [-0.05, 0) is 78.8 Å². The van der Waals surface area contributed by atoms with Gasteiger partial charge in [-0.1, -0.05) is 41.9 Å². The van der Waals surface area contributed by atoms with E-state index in [1.807, 2.05) is 6.07 Å². The van der Waals surface area contributed by atoms with Crippen molar-refractivity contribution in [3.8, 4) is 0 Å². The molecule has 1 saturated heterocycles. The fraction of sp³-hybridized carbons (Fsp3) is 0.429. The molecule has 1 unspecified atom stereocenters. The Hall–Kier alpha value is -1.31. The molecule has 4 rings (SSSR count). The first-order chi connectivity index (χ1) is 11.3. The molecule has 1 aliphatic carbocycles. The van der Waals surface area contributed by atoms with Crippen molar-refractivity contribution >= 4 is 11.6 Å². The van der Waals surface area contributed by atoms with E-state index in [1.54, 1.807) is 0 Å². The van der Waals surface area contributed by atoms with Gasteiger partial charge >= 0.3 is 0 Å². The van der Waals surface area contributed by atoms with Crippen LogP contribution in [0.2, 0.25) is 5.02 Å². The van der Waals surface area contributed by atoms with Crippen LogP contribution in [0, 0.1) is 0 Å². The second kappa shape index (κ2) is 6.67. The standard InChI is InChI=1S/C21H23ClO/c22-20-10-9-18(21-6-1-2-11-23-21)14-19(20)13-15-7-8-16-4-3-5-17(16)12-15/h7-10,12,14,21H,1-6,11,13H2. The van der Waals surface area contributed by atoms with E-state index in [9.17, 15) is 0 Å². The summed E-state index contributed by atoms with van der Waals surface area (Å²) in [4.78, 5) is 0. The maximum atomic E-state index is 6.46. The van der Waals surface area contributed by atoms with Crippen LogP contribution in [0.1, 0.15) is 59.6 Å². The van der Waals surface area contributed by atoms with Crippen molar-refractivity contribution in [1.82, 2.24) is 0 Å². The molecule has 0 spiro atoms. The molecule has 0 N–H and O–H groups in total. The average molecular weight is 327 g/mol. The fourth-order valence-electron chi connectivity index (χ4n) is 3.89. The van der Waals surface area contributed by atoms with Crippen molar-refractivity contribution in [3.63, 3.8) is 0 Å². The maximum absolute atomic E-state index is 6.46. The highest BCUT2D eigenvalue weighted by molar-refractivity contribution is 6.31. The lowest BCUT2D eigenvalue weighted by molar-refractivity contribution is 0.0149. The van der Waals surface area contributed by atoms with Gasteiger partial charge in [-0.15, -0.1) is 0 Å². The van der Waals surface area contributed by atoms with Gasteiger partial charge in [0.2, 0.25) is 0 Å². The second-order valence-corrected chi connectivity index (χ2v) is 7.25. The minimum atomic E-state index is 0.250. The Balaban J connectivity index is 1.58. The highest BCUT2D eigenvalue weighted by Crippen LogP contribution is 2.31. The summed E-state index contributed by atoms with van der Waals surface area (Å²) >= 11 is 6.46. The molecule has 1 heterocycles. The highest BCUT2D eigenvalue weighted by Gasteiger charge is 2.17. The van der Waals surface area contributed by atoms with Crippen molar-refractivity contribution in [2.75, 3.05) is 6.61 Å². The van der Waals surface area contributed by atoms with Gasteiger partial charge in [-0.3, -0.25) is 0 Å². The number of ether oxygens (including phenoxy) is 1. The lowest BCUT2D eigenvalue weighted by Gasteiger charge is -2.23. The Morgan fingerprint density at radius 3 is 2.74 bits per heavy atom. The first-order valence-electron chi connectivity index (χ1n) is 8.80. The summed E-state index contributed by atoms with van der Waals surface area (Å²) in [7, 11) is 0. The Morgan fingerprint density at radius 2 is 1.87 bits per heavy atom. The van der Waals surface area contributed by atoms with Crippen LogP contribution in [0.5, 0.6) is 0 Å². The normalized spacial score (nSPS) is 20.5. The SMILES string of the molecule is Clc1ccc(C2CCCCO2)cc1Cc1ccc2c(c1)CCC2. The molecule has 1 nitrogen and oxygen atoms in total. The molecule has 1 fully saturated rings. The van der Waals surface area contributed by atoms with E-state index in [0.717, 1.165) is 24.5 Å². The van der Waals surface area contributed by atoms with Crippen LogP contribution in [0.25, 0.3) is 0 Å². The molecule has 0 bridgehead atoms. The maximum Gasteiger partial charge on any atom is 0.0825 e. The summed E-state index contributed by atoms with van der Waals surface area (Å²) < 4.78 is 5.93. The van der Waals surface area contributed by atoms with Gasteiger partial charge in [0.05, 0.1) is 6.10 Å². The summed E-state index contributed by atoms with van der Waals surface area (Å²) in [5.74, 6) is 0. The minimum absolute atomic E-state index is 0.250. The molecule has 0 amide bonds. The number of rotatable bonds is 3. The largest absolute Gasteiger partial charge is 0.374 e. The van der Waals surface area contributed by atoms with Crippen molar-refractivity contribution in [2.24, 2.45) is 0 Å². The lowest BCUT2D eigenvalue weighted by Crippen LogP contribution is -2.11. The molecule has 120 valence electrons. The summed E-state index contributed by atoms with van der Waals surface area (Å²) in [5, 5.41) is 0.866. The van der Waals surface area contributed by atoms with Gasteiger partial charge in [0.15, 0.2) is 0 Å². The van der Waals surface area contributed by atoms with E-state index < -0.39 is 0 Å². The van der Waals surface area contributed by atoms with Crippen LogP contribution in [0.4, 0.5) is 0 Å². The predicted molar refractivity (Wildman–Crippen MR) is 95.3 cm³/mol. The quantitative estimate of drug-likeness (QED) is 0.707. The van der Waals surface area contributed by atoms with Gasteiger partial charge < -0.3 is 4.74 Å². The Kier molecular flexibility index (Phi) is 4.41. The van der Waals surface area contributed by atoms with Crippen LogP contribution in [-0.2, 0) is 24.0 Å². The van der Waals surface area contributed by atoms with Crippen LogP contribution >= 0.6 is 11.6 Å². The molecule has 0 saturated carbocycles. The Labute approximate surface area is 143 Å². The molecule has 0 radical (unpaired) electrons. The molecule has 2 aliphatic rings. The number of benzene rings is 2. The van der Waals surface area contributed by atoms with E-state index >= 15 is 0 Å². The van der Waals surface area contributed by atoms with Crippen LogP contribution in [0.15, 0.2) is 36.4 Å². The predicted octanol–water partition coefficient (Wildman–Crippen LogP) is 5.66. The van der Waals surface area contributed by atoms with Crippen molar-refractivity contribution in [3.05, 3.63) is 69.2 Å². The van der Waals surface area contributed by atoms with Gasteiger partial charge in [0.1, 0.15) is 0 Å². The molecule has 1 aliphatic heterocycles. The molecular weight excluding hydrogens is 304 g/mol. The topological polar surface area (TPSA) is 9.23 Å².